The van der Waals surface area contributed by atoms with E-state index in [1.807, 2.05) is 0 Å². The fourth-order valence-corrected chi connectivity index (χ4v) is 3.73. The number of rotatable bonds is 5. The number of hydrogen-bond acceptors (Lipinski definition) is 7. The van der Waals surface area contributed by atoms with E-state index in [1.165, 1.54) is 77.8 Å². The van der Waals surface area contributed by atoms with E-state index in [0.717, 1.165) is 6.07 Å². The van der Waals surface area contributed by atoms with Gasteiger partial charge in [-0.05, 0) is 66.6 Å². The zero-order valence-corrected chi connectivity index (χ0v) is 21.1. The number of amides is 1. The first-order valence-electron chi connectivity index (χ1n) is 12.0. The molecule has 0 unspecified atom stereocenters. The Bertz CT molecular complexity index is 1880. The Morgan fingerprint density at radius 3 is 2.46 bits per heavy atom. The van der Waals surface area contributed by atoms with Crippen LogP contribution in [0.4, 0.5) is 26.0 Å². The maximum atomic E-state index is 15.0. The van der Waals surface area contributed by atoms with Crippen LogP contribution >= 0.6 is 0 Å². The topological polar surface area (TPSA) is 138 Å². The lowest BCUT2D eigenvalue weighted by molar-refractivity contribution is 0.102. The van der Waals surface area contributed by atoms with Gasteiger partial charge in [0.25, 0.3) is 11.5 Å². The van der Waals surface area contributed by atoms with Crippen molar-refractivity contribution in [1.82, 2.24) is 14.5 Å². The second-order valence-corrected chi connectivity index (χ2v) is 8.57. The molecular weight excluding hydrogens is 530 g/mol. The fourth-order valence-electron chi connectivity index (χ4n) is 3.73. The van der Waals surface area contributed by atoms with E-state index in [-0.39, 0.29) is 34.1 Å². The molecule has 0 aliphatic heterocycles. The van der Waals surface area contributed by atoms with E-state index in [0.29, 0.717) is 17.1 Å². The van der Waals surface area contributed by atoms with Crippen LogP contribution in [0.5, 0.6) is 11.5 Å². The highest BCUT2D eigenvalue weighted by molar-refractivity contribution is 6.04. The first kappa shape index (κ1) is 26.6. The Kier molecular flexibility index (Phi) is 7.38. The number of nitrogens with one attached hydrogen (secondary N) is 1. The van der Waals surface area contributed by atoms with Crippen LogP contribution in [-0.2, 0) is 0 Å². The van der Waals surface area contributed by atoms with Crippen LogP contribution in [0.3, 0.4) is 0 Å². The third-order valence-corrected chi connectivity index (χ3v) is 5.75. The van der Waals surface area contributed by atoms with Crippen molar-refractivity contribution in [3.8, 4) is 29.0 Å². The van der Waals surface area contributed by atoms with Gasteiger partial charge in [0, 0.05) is 35.9 Å². The van der Waals surface area contributed by atoms with Gasteiger partial charge >= 0.3 is 0 Å². The average Bonchev–Trinajstić information content (AvgIpc) is 2.96. The quantitative estimate of drug-likeness (QED) is 0.274. The van der Waals surface area contributed by atoms with Gasteiger partial charge in [-0.25, -0.2) is 18.7 Å². The number of aromatic nitrogens is 3. The lowest BCUT2D eigenvalue weighted by Crippen LogP contribution is -2.27. The van der Waals surface area contributed by atoms with Gasteiger partial charge in [-0.3, -0.25) is 14.2 Å². The summed E-state index contributed by atoms with van der Waals surface area (Å²) in [5, 5.41) is 2.51. The molecule has 0 aliphatic carbocycles. The molecule has 0 saturated carbocycles. The molecule has 0 atom stereocenters. The number of nitrogens with zero attached hydrogens (tertiary/aromatic N) is 3. The number of hydrogen-bond donors (Lipinski definition) is 3. The minimum atomic E-state index is -0.797. The van der Waals surface area contributed by atoms with Gasteiger partial charge in [0.1, 0.15) is 34.2 Å². The highest BCUT2D eigenvalue weighted by Gasteiger charge is 2.16. The number of carbonyl (C=O) groups is 1. The molecule has 9 nitrogen and oxygen atoms in total. The second-order valence-electron chi connectivity index (χ2n) is 8.57. The molecule has 0 bridgehead atoms. The predicted molar refractivity (Wildman–Crippen MR) is 150 cm³/mol. The Labute approximate surface area is 232 Å². The molecule has 3 heterocycles. The van der Waals surface area contributed by atoms with Crippen molar-refractivity contribution in [2.75, 3.05) is 16.8 Å². The second kappa shape index (κ2) is 11.4. The summed E-state index contributed by atoms with van der Waals surface area (Å²) in [5.41, 5.74) is 12.4. The molecule has 3 aromatic heterocycles. The zero-order chi connectivity index (χ0) is 28.9. The Hall–Kier alpha value is -6.02. The molecule has 2 aromatic carbocycles. The van der Waals surface area contributed by atoms with E-state index in [2.05, 4.69) is 27.1 Å². The largest absolute Gasteiger partial charge is 0.453 e. The fraction of sp³-hybridized carbons (Fsp3) is 0. The molecule has 41 heavy (non-hydrogen) atoms. The standard InChI is InChI=1S/C30H20F2N6O3/c31-18-3-9-22(10-4-18)38-15-1-2-24(30(38)40)29(39)37-21-8-12-27(25(32)16-21)41-26-13-14-35-28(34)23(26)11-7-20-6-5-19(33)17-36-20/h1-6,8-10,12-17H,33H2,(H2,34,35)(H,37,39). The molecule has 5 rings (SSSR count). The molecule has 0 saturated heterocycles. The minimum absolute atomic E-state index is 0.0730. The Morgan fingerprint density at radius 1 is 0.927 bits per heavy atom. The van der Waals surface area contributed by atoms with Crippen LogP contribution in [0.1, 0.15) is 21.6 Å². The lowest BCUT2D eigenvalue weighted by Gasteiger charge is -2.12. The van der Waals surface area contributed by atoms with Gasteiger partial charge in [0.05, 0.1) is 11.9 Å². The van der Waals surface area contributed by atoms with Crippen molar-refractivity contribution in [3.05, 3.63) is 130 Å². The van der Waals surface area contributed by atoms with E-state index < -0.39 is 23.1 Å². The van der Waals surface area contributed by atoms with Gasteiger partial charge < -0.3 is 21.5 Å². The van der Waals surface area contributed by atoms with Crippen molar-refractivity contribution in [2.45, 2.75) is 0 Å². The number of benzene rings is 2. The third kappa shape index (κ3) is 6.02. The van der Waals surface area contributed by atoms with Gasteiger partial charge in [-0.1, -0.05) is 5.92 Å². The SMILES string of the molecule is Nc1ccc(C#Cc2c(Oc3ccc(NC(=O)c4cccn(-c5ccc(F)cc5)c4=O)cc3F)ccnc2N)nc1. The first-order chi connectivity index (χ1) is 19.8. The van der Waals surface area contributed by atoms with E-state index in [9.17, 15) is 14.0 Å². The molecule has 0 aliphatic rings. The Morgan fingerprint density at radius 2 is 1.73 bits per heavy atom. The maximum Gasteiger partial charge on any atom is 0.267 e. The summed E-state index contributed by atoms with van der Waals surface area (Å²) >= 11 is 0. The van der Waals surface area contributed by atoms with Gasteiger partial charge in [0.15, 0.2) is 11.6 Å². The summed E-state index contributed by atoms with van der Waals surface area (Å²) in [6.45, 7) is 0. The minimum Gasteiger partial charge on any atom is -0.453 e. The smallest absolute Gasteiger partial charge is 0.267 e. The van der Waals surface area contributed by atoms with Crippen LogP contribution in [0.25, 0.3) is 5.69 Å². The summed E-state index contributed by atoms with van der Waals surface area (Å²) in [5.74, 6) is 3.73. The van der Waals surface area contributed by atoms with Gasteiger partial charge in [-0.15, -0.1) is 0 Å². The van der Waals surface area contributed by atoms with Crippen molar-refractivity contribution >= 4 is 23.1 Å². The zero-order valence-electron chi connectivity index (χ0n) is 21.1. The monoisotopic (exact) mass is 550 g/mol. The average molecular weight is 551 g/mol. The van der Waals surface area contributed by atoms with Crippen LogP contribution in [0.2, 0.25) is 0 Å². The number of halogens is 2. The lowest BCUT2D eigenvalue weighted by atomic mass is 10.2. The maximum absolute atomic E-state index is 15.0. The highest BCUT2D eigenvalue weighted by Crippen LogP contribution is 2.30. The molecule has 0 spiro atoms. The summed E-state index contributed by atoms with van der Waals surface area (Å²) in [6.07, 6.45) is 4.31. The van der Waals surface area contributed by atoms with Crippen LogP contribution in [0, 0.1) is 23.5 Å². The molecule has 5 N–H and O–H groups in total. The van der Waals surface area contributed by atoms with Crippen LogP contribution in [-0.4, -0.2) is 20.4 Å². The Balaban J connectivity index is 1.35. The summed E-state index contributed by atoms with van der Waals surface area (Å²) in [7, 11) is 0. The molecule has 11 heteroatoms. The summed E-state index contributed by atoms with van der Waals surface area (Å²) in [6, 6.07) is 16.6. The normalized spacial score (nSPS) is 10.4. The molecule has 5 aromatic rings. The molecule has 0 radical (unpaired) electrons. The van der Waals surface area contributed by atoms with Crippen molar-refractivity contribution in [1.29, 1.82) is 0 Å². The highest BCUT2D eigenvalue weighted by atomic mass is 19.1. The van der Waals surface area contributed by atoms with Crippen molar-refractivity contribution in [2.24, 2.45) is 0 Å². The third-order valence-electron chi connectivity index (χ3n) is 5.75. The predicted octanol–water partition coefficient (Wildman–Crippen LogP) is 4.51. The van der Waals surface area contributed by atoms with E-state index >= 15 is 4.39 Å². The number of pyridine rings is 3. The van der Waals surface area contributed by atoms with Crippen LogP contribution in [0.15, 0.2) is 96.2 Å². The first-order valence-corrected chi connectivity index (χ1v) is 12.0. The number of nitrogens with two attached hydrogens (primary N) is 2. The number of carbonyl (C=O) groups excluding carboxylic acids is 1. The van der Waals surface area contributed by atoms with Crippen LogP contribution < -0.4 is 27.1 Å². The van der Waals surface area contributed by atoms with Gasteiger partial charge in [-0.2, -0.15) is 0 Å². The molecule has 0 fully saturated rings. The van der Waals surface area contributed by atoms with E-state index in [4.69, 9.17) is 16.2 Å². The number of nitrogen functional groups attached to an aromatic ring is 2. The summed E-state index contributed by atoms with van der Waals surface area (Å²) < 4.78 is 35.2. The molecular formula is C30H20F2N6O3. The molecule has 1 amide bonds. The van der Waals surface area contributed by atoms with Crippen molar-refractivity contribution in [3.63, 3.8) is 0 Å². The number of ether oxygens (including phenoxy) is 1. The summed E-state index contributed by atoms with van der Waals surface area (Å²) in [4.78, 5) is 33.9. The van der Waals surface area contributed by atoms with E-state index in [1.54, 1.807) is 12.1 Å². The van der Waals surface area contributed by atoms with Gasteiger partial charge in [0.2, 0.25) is 0 Å². The number of anilines is 3. The van der Waals surface area contributed by atoms with Crippen molar-refractivity contribution < 1.29 is 18.3 Å². The molecule has 202 valence electrons.